The van der Waals surface area contributed by atoms with Crippen LogP contribution in [0.2, 0.25) is 5.02 Å². The molecule has 1 fully saturated rings. The first kappa shape index (κ1) is 12.5. The van der Waals surface area contributed by atoms with Crippen LogP contribution in [0.4, 0.5) is 10.2 Å². The summed E-state index contributed by atoms with van der Waals surface area (Å²) in [5.74, 6) is 0.927. The normalized spacial score (nSPS) is 14.9. The number of nitrogens with two attached hydrogens (primary N) is 1. The van der Waals surface area contributed by atoms with E-state index in [4.69, 9.17) is 17.3 Å². The molecule has 19 heavy (non-hydrogen) atoms. The Morgan fingerprint density at radius 1 is 1.47 bits per heavy atom. The van der Waals surface area contributed by atoms with Gasteiger partial charge >= 0.3 is 0 Å². The summed E-state index contributed by atoms with van der Waals surface area (Å²) >= 11 is 6.14. The number of anilines is 1. The summed E-state index contributed by atoms with van der Waals surface area (Å²) in [7, 11) is 1.81. The van der Waals surface area contributed by atoms with Crippen molar-refractivity contribution in [3.05, 3.63) is 34.7 Å². The van der Waals surface area contributed by atoms with Crippen LogP contribution in [0.5, 0.6) is 0 Å². The SMILES string of the molecule is Cn1nc(CC2CC2)c(-c2ccc(F)cc2Cl)c1N. The summed E-state index contributed by atoms with van der Waals surface area (Å²) < 4.78 is 14.8. The van der Waals surface area contributed by atoms with E-state index in [0.717, 1.165) is 23.2 Å². The third-order valence-electron chi connectivity index (χ3n) is 3.54. The van der Waals surface area contributed by atoms with E-state index in [2.05, 4.69) is 5.10 Å². The number of rotatable bonds is 3. The minimum atomic E-state index is -0.347. The van der Waals surface area contributed by atoms with Crippen molar-refractivity contribution in [3.63, 3.8) is 0 Å². The Morgan fingerprint density at radius 2 is 2.21 bits per heavy atom. The molecule has 100 valence electrons. The van der Waals surface area contributed by atoms with Gasteiger partial charge in [0.1, 0.15) is 11.6 Å². The second-order valence-corrected chi connectivity index (χ2v) is 5.51. The van der Waals surface area contributed by atoms with Crippen LogP contribution in [-0.4, -0.2) is 9.78 Å². The molecule has 3 nitrogen and oxygen atoms in total. The first-order valence-electron chi connectivity index (χ1n) is 6.33. The van der Waals surface area contributed by atoms with Crippen LogP contribution in [0, 0.1) is 11.7 Å². The van der Waals surface area contributed by atoms with Crippen molar-refractivity contribution in [3.8, 4) is 11.1 Å². The lowest BCUT2D eigenvalue weighted by Gasteiger charge is -2.06. The molecule has 1 saturated carbocycles. The lowest BCUT2D eigenvalue weighted by molar-refractivity contribution is 0.628. The minimum absolute atomic E-state index is 0.347. The van der Waals surface area contributed by atoms with Gasteiger partial charge < -0.3 is 5.73 Å². The molecule has 0 bridgehead atoms. The van der Waals surface area contributed by atoms with Crippen LogP contribution in [-0.2, 0) is 13.5 Å². The number of benzene rings is 1. The Morgan fingerprint density at radius 3 is 2.84 bits per heavy atom. The average molecular weight is 280 g/mol. The third-order valence-corrected chi connectivity index (χ3v) is 3.86. The summed E-state index contributed by atoms with van der Waals surface area (Å²) in [5, 5.41) is 4.84. The number of aromatic nitrogens is 2. The molecule has 5 heteroatoms. The number of aryl methyl sites for hydroxylation is 1. The quantitative estimate of drug-likeness (QED) is 0.936. The molecule has 1 aromatic carbocycles. The fourth-order valence-electron chi connectivity index (χ4n) is 2.32. The molecular formula is C14H15ClFN3. The predicted octanol–water partition coefficient (Wildman–Crippen LogP) is 3.41. The third kappa shape index (κ3) is 2.32. The van der Waals surface area contributed by atoms with Crippen molar-refractivity contribution < 1.29 is 4.39 Å². The molecule has 0 radical (unpaired) electrons. The van der Waals surface area contributed by atoms with Crippen molar-refractivity contribution in [1.82, 2.24) is 9.78 Å². The van der Waals surface area contributed by atoms with Crippen molar-refractivity contribution in [2.75, 3.05) is 5.73 Å². The molecule has 1 aliphatic carbocycles. The van der Waals surface area contributed by atoms with E-state index in [0.29, 0.717) is 16.8 Å². The maximum atomic E-state index is 13.2. The highest BCUT2D eigenvalue weighted by molar-refractivity contribution is 6.33. The molecule has 0 aliphatic heterocycles. The minimum Gasteiger partial charge on any atom is -0.383 e. The second-order valence-electron chi connectivity index (χ2n) is 5.10. The van der Waals surface area contributed by atoms with Crippen LogP contribution in [0.1, 0.15) is 18.5 Å². The lowest BCUT2D eigenvalue weighted by Crippen LogP contribution is -1.98. The van der Waals surface area contributed by atoms with Gasteiger partial charge in [0, 0.05) is 18.2 Å². The molecule has 1 aliphatic rings. The number of halogens is 2. The van der Waals surface area contributed by atoms with Crippen molar-refractivity contribution >= 4 is 17.4 Å². The fourth-order valence-corrected chi connectivity index (χ4v) is 2.58. The highest BCUT2D eigenvalue weighted by Gasteiger charge is 2.26. The molecular weight excluding hydrogens is 265 g/mol. The standard InChI is InChI=1S/C14H15ClFN3/c1-19-14(17)13(12(18-19)6-8-2-3-8)10-5-4-9(16)7-11(10)15/h4-5,7-8H,2-3,6,17H2,1H3. The maximum Gasteiger partial charge on any atom is 0.129 e. The summed E-state index contributed by atoms with van der Waals surface area (Å²) in [6, 6.07) is 4.38. The Kier molecular flexibility index (Phi) is 2.97. The number of hydrogen-bond donors (Lipinski definition) is 1. The van der Waals surface area contributed by atoms with Crippen molar-refractivity contribution in [2.45, 2.75) is 19.3 Å². The second kappa shape index (κ2) is 4.53. The molecule has 1 aromatic heterocycles. The van der Waals surface area contributed by atoms with Gasteiger partial charge in [0.05, 0.1) is 10.7 Å². The van der Waals surface area contributed by atoms with Gasteiger partial charge in [-0.15, -0.1) is 0 Å². The topological polar surface area (TPSA) is 43.8 Å². The van der Waals surface area contributed by atoms with E-state index >= 15 is 0 Å². The number of nitrogens with zero attached hydrogens (tertiary/aromatic N) is 2. The Balaban J connectivity index is 2.11. The highest BCUT2D eigenvalue weighted by atomic mass is 35.5. The van der Waals surface area contributed by atoms with Gasteiger partial charge in [-0.2, -0.15) is 5.10 Å². The summed E-state index contributed by atoms with van der Waals surface area (Å²) in [6.07, 6.45) is 3.40. The van der Waals surface area contributed by atoms with E-state index < -0.39 is 0 Å². The summed E-state index contributed by atoms with van der Waals surface area (Å²) in [6.45, 7) is 0. The number of hydrogen-bond acceptors (Lipinski definition) is 2. The van der Waals surface area contributed by atoms with Crippen LogP contribution >= 0.6 is 11.6 Å². The van der Waals surface area contributed by atoms with E-state index in [-0.39, 0.29) is 5.82 Å². The smallest absolute Gasteiger partial charge is 0.129 e. The van der Waals surface area contributed by atoms with E-state index in [1.54, 1.807) is 10.7 Å². The van der Waals surface area contributed by atoms with Gasteiger partial charge in [-0.1, -0.05) is 11.6 Å². The van der Waals surface area contributed by atoms with Gasteiger partial charge in [0.2, 0.25) is 0 Å². The van der Waals surface area contributed by atoms with Gasteiger partial charge in [-0.25, -0.2) is 4.39 Å². The van der Waals surface area contributed by atoms with Gasteiger partial charge in [0.25, 0.3) is 0 Å². The Hall–Kier alpha value is -1.55. The molecule has 0 atom stereocenters. The molecule has 2 N–H and O–H groups in total. The molecule has 2 aromatic rings. The zero-order valence-corrected chi connectivity index (χ0v) is 11.4. The van der Waals surface area contributed by atoms with Crippen LogP contribution in [0.25, 0.3) is 11.1 Å². The lowest BCUT2D eigenvalue weighted by atomic mass is 10.0. The van der Waals surface area contributed by atoms with Crippen LogP contribution in [0.3, 0.4) is 0 Å². The largest absolute Gasteiger partial charge is 0.383 e. The van der Waals surface area contributed by atoms with Gasteiger partial charge in [-0.05, 0) is 43.4 Å². The maximum absolute atomic E-state index is 13.2. The first-order valence-corrected chi connectivity index (χ1v) is 6.71. The number of nitrogen functional groups attached to an aromatic ring is 1. The predicted molar refractivity (Wildman–Crippen MR) is 74.5 cm³/mol. The first-order chi connectivity index (χ1) is 9.06. The molecule has 0 saturated heterocycles. The summed E-state index contributed by atoms with van der Waals surface area (Å²) in [5.41, 5.74) is 8.64. The molecule has 1 heterocycles. The molecule has 3 rings (SSSR count). The van der Waals surface area contributed by atoms with Crippen molar-refractivity contribution in [2.24, 2.45) is 13.0 Å². The Bertz CT molecular complexity index is 632. The fraction of sp³-hybridized carbons (Fsp3) is 0.357. The van der Waals surface area contributed by atoms with Gasteiger partial charge in [-0.3, -0.25) is 4.68 Å². The highest BCUT2D eigenvalue weighted by Crippen LogP contribution is 2.39. The van der Waals surface area contributed by atoms with E-state index in [1.165, 1.54) is 25.0 Å². The van der Waals surface area contributed by atoms with Crippen LogP contribution in [0.15, 0.2) is 18.2 Å². The van der Waals surface area contributed by atoms with Gasteiger partial charge in [0.15, 0.2) is 0 Å². The summed E-state index contributed by atoms with van der Waals surface area (Å²) in [4.78, 5) is 0. The van der Waals surface area contributed by atoms with E-state index in [1.807, 2.05) is 7.05 Å². The van der Waals surface area contributed by atoms with Crippen molar-refractivity contribution in [1.29, 1.82) is 0 Å². The molecule has 0 unspecified atom stereocenters. The Labute approximate surface area is 116 Å². The zero-order valence-electron chi connectivity index (χ0n) is 10.7. The monoisotopic (exact) mass is 279 g/mol. The molecule has 0 amide bonds. The van der Waals surface area contributed by atoms with E-state index in [9.17, 15) is 4.39 Å². The molecule has 0 spiro atoms. The van der Waals surface area contributed by atoms with Crippen LogP contribution < -0.4 is 5.73 Å². The average Bonchev–Trinajstić information content (AvgIpc) is 3.10. The zero-order chi connectivity index (χ0) is 13.6.